The number of benzene rings is 2. The largest absolute Gasteiger partial charge is 0.450 e. The van der Waals surface area contributed by atoms with Gasteiger partial charge >= 0.3 is 0 Å². The predicted octanol–water partition coefficient (Wildman–Crippen LogP) is 8.02. The Bertz CT molecular complexity index is 1390. The second-order valence-electron chi connectivity index (χ2n) is 9.76. The summed E-state index contributed by atoms with van der Waals surface area (Å²) in [6.07, 6.45) is 3.23. The standard InChI is InChI=1S/C27H27ClF2N2O3SSi/c1-37(2,3)12-11-33-17-32-16-20(28)25-23(9-10-31-27(25)32)35-26-21(29)13-18(14-22(26)30)15-24(36)34-19-7-5-4-6-8-19/h4-10,13-14,16H,11-12,15,17H2,1-3H3. The normalized spacial score (nSPS) is 11.6. The molecule has 0 aliphatic heterocycles. The van der Waals surface area contributed by atoms with Gasteiger partial charge in [0.05, 0.1) is 10.4 Å². The molecule has 2 aromatic carbocycles. The lowest BCUT2D eigenvalue weighted by Gasteiger charge is -2.15. The van der Waals surface area contributed by atoms with Crippen LogP contribution in [-0.2, 0) is 17.9 Å². The molecule has 4 aromatic rings. The highest BCUT2D eigenvalue weighted by atomic mass is 35.5. The summed E-state index contributed by atoms with van der Waals surface area (Å²) in [5.74, 6) is -1.54. The molecule has 0 saturated heterocycles. The van der Waals surface area contributed by atoms with E-state index < -0.39 is 25.5 Å². The fraction of sp³-hybridized carbons (Fsp3) is 0.259. The van der Waals surface area contributed by atoms with E-state index in [0.717, 1.165) is 6.04 Å². The molecule has 0 bridgehead atoms. The van der Waals surface area contributed by atoms with Crippen molar-refractivity contribution in [1.29, 1.82) is 0 Å². The zero-order chi connectivity index (χ0) is 26.6. The first-order valence-electron chi connectivity index (χ1n) is 11.7. The van der Waals surface area contributed by atoms with Crippen molar-refractivity contribution in [1.82, 2.24) is 9.55 Å². The molecule has 0 aliphatic carbocycles. The first-order chi connectivity index (χ1) is 17.6. The van der Waals surface area contributed by atoms with E-state index in [2.05, 4.69) is 24.6 Å². The molecule has 194 valence electrons. The maximum absolute atomic E-state index is 15.0. The molecule has 4 rings (SSSR count). The number of fused-ring (bicyclic) bond motifs is 1. The Morgan fingerprint density at radius 2 is 1.78 bits per heavy atom. The van der Waals surface area contributed by atoms with Gasteiger partial charge in [-0.25, -0.2) is 13.8 Å². The van der Waals surface area contributed by atoms with Crippen molar-refractivity contribution >= 4 is 48.0 Å². The minimum Gasteiger partial charge on any atom is -0.450 e. The van der Waals surface area contributed by atoms with Crippen LogP contribution in [0.5, 0.6) is 17.2 Å². The van der Waals surface area contributed by atoms with Gasteiger partial charge in [-0.3, -0.25) is 0 Å². The summed E-state index contributed by atoms with van der Waals surface area (Å²) in [6, 6.07) is 13.9. The Morgan fingerprint density at radius 3 is 2.46 bits per heavy atom. The average molecular weight is 561 g/mol. The monoisotopic (exact) mass is 560 g/mol. The molecule has 0 N–H and O–H groups in total. The summed E-state index contributed by atoms with van der Waals surface area (Å²) in [5, 5.41) is 0.973. The van der Waals surface area contributed by atoms with E-state index >= 15 is 0 Å². The average Bonchev–Trinajstić information content (AvgIpc) is 3.15. The molecule has 0 spiro atoms. The Morgan fingerprint density at radius 1 is 1.08 bits per heavy atom. The van der Waals surface area contributed by atoms with E-state index in [0.29, 0.717) is 34.0 Å². The lowest BCUT2D eigenvalue weighted by Crippen LogP contribution is -2.22. The number of pyridine rings is 1. The zero-order valence-electron chi connectivity index (χ0n) is 20.8. The highest BCUT2D eigenvalue weighted by Gasteiger charge is 2.20. The van der Waals surface area contributed by atoms with Gasteiger partial charge in [0.2, 0.25) is 0 Å². The van der Waals surface area contributed by atoms with Gasteiger partial charge in [-0.05, 0) is 54.2 Å². The second kappa shape index (κ2) is 11.7. The van der Waals surface area contributed by atoms with Crippen LogP contribution < -0.4 is 9.47 Å². The number of para-hydroxylation sites is 1. The molecule has 0 aliphatic rings. The van der Waals surface area contributed by atoms with Crippen molar-refractivity contribution < 1.29 is 23.0 Å². The lowest BCUT2D eigenvalue weighted by atomic mass is 10.1. The van der Waals surface area contributed by atoms with Crippen molar-refractivity contribution in [3.05, 3.63) is 83.1 Å². The molecule has 0 radical (unpaired) electrons. The molecule has 0 fully saturated rings. The van der Waals surface area contributed by atoms with Gasteiger partial charge in [-0.1, -0.05) is 49.4 Å². The first kappa shape index (κ1) is 27.2. The first-order valence-corrected chi connectivity index (χ1v) is 16.2. The van der Waals surface area contributed by atoms with Gasteiger partial charge in [0.1, 0.15) is 23.9 Å². The van der Waals surface area contributed by atoms with Crippen LogP contribution in [0.2, 0.25) is 30.7 Å². The van der Waals surface area contributed by atoms with E-state index in [-0.39, 0.29) is 24.0 Å². The van der Waals surface area contributed by atoms with Gasteiger partial charge in [0.15, 0.2) is 22.4 Å². The van der Waals surface area contributed by atoms with Gasteiger partial charge in [-0.2, -0.15) is 0 Å². The van der Waals surface area contributed by atoms with E-state index in [4.69, 9.17) is 38.0 Å². The molecule has 37 heavy (non-hydrogen) atoms. The minimum atomic E-state index is -1.22. The lowest BCUT2D eigenvalue weighted by molar-refractivity contribution is 0.0899. The van der Waals surface area contributed by atoms with Crippen LogP contribution in [0, 0.1) is 11.6 Å². The highest BCUT2D eigenvalue weighted by Crippen LogP contribution is 2.37. The Kier molecular flexibility index (Phi) is 8.59. The molecule has 10 heteroatoms. The van der Waals surface area contributed by atoms with Crippen LogP contribution in [0.4, 0.5) is 8.78 Å². The van der Waals surface area contributed by atoms with Crippen LogP contribution in [0.15, 0.2) is 60.9 Å². The number of rotatable bonds is 10. The van der Waals surface area contributed by atoms with Gasteiger partial charge in [-0.15, -0.1) is 0 Å². The number of ether oxygens (including phenoxy) is 3. The van der Waals surface area contributed by atoms with Gasteiger partial charge < -0.3 is 18.8 Å². The molecule has 0 saturated carbocycles. The van der Waals surface area contributed by atoms with Crippen LogP contribution in [0.3, 0.4) is 0 Å². The molecular formula is C27H27ClF2N2O3SSi. The fourth-order valence-electron chi connectivity index (χ4n) is 3.61. The third-order valence-electron chi connectivity index (χ3n) is 5.49. The highest BCUT2D eigenvalue weighted by molar-refractivity contribution is 7.80. The molecule has 0 amide bonds. The smallest absolute Gasteiger partial charge is 0.198 e. The quantitative estimate of drug-likeness (QED) is 0.112. The summed E-state index contributed by atoms with van der Waals surface area (Å²) >= 11 is 11.7. The Hall–Kier alpha value is -2.85. The topological polar surface area (TPSA) is 45.5 Å². The third-order valence-corrected chi connectivity index (χ3v) is 7.71. The molecule has 0 unspecified atom stereocenters. The Labute approximate surface area is 226 Å². The van der Waals surface area contributed by atoms with Crippen molar-refractivity contribution in [3.8, 4) is 17.2 Å². The predicted molar refractivity (Wildman–Crippen MR) is 149 cm³/mol. The molecule has 2 aromatic heterocycles. The zero-order valence-corrected chi connectivity index (χ0v) is 23.3. The van der Waals surface area contributed by atoms with Crippen LogP contribution in [-0.4, -0.2) is 29.3 Å². The summed E-state index contributed by atoms with van der Waals surface area (Å²) in [7, 11) is -1.22. The van der Waals surface area contributed by atoms with Crippen molar-refractivity contribution in [2.75, 3.05) is 6.61 Å². The number of hydrogen-bond donors (Lipinski definition) is 0. The third kappa shape index (κ3) is 7.13. The summed E-state index contributed by atoms with van der Waals surface area (Å²) in [6.45, 7) is 7.72. The van der Waals surface area contributed by atoms with Crippen LogP contribution in [0.25, 0.3) is 11.0 Å². The minimum absolute atomic E-state index is 0.0598. The molecule has 0 atom stereocenters. The number of hydrogen-bond acceptors (Lipinski definition) is 5. The van der Waals surface area contributed by atoms with Crippen molar-refractivity contribution in [2.45, 2.75) is 38.8 Å². The summed E-state index contributed by atoms with van der Waals surface area (Å²) in [5.41, 5.74) is 0.819. The fourth-order valence-corrected chi connectivity index (χ4v) is 4.92. The SMILES string of the molecule is C[Si](C)(C)CCOCn1cc(Cl)c2c(Oc3c(F)cc(CC(=S)Oc4ccccc4)cc3F)ccnc21. The van der Waals surface area contributed by atoms with E-state index in [9.17, 15) is 8.78 Å². The molecular weight excluding hydrogens is 534 g/mol. The van der Waals surface area contributed by atoms with Crippen LogP contribution >= 0.6 is 23.8 Å². The molecule has 5 nitrogen and oxygen atoms in total. The van der Waals surface area contributed by atoms with Crippen molar-refractivity contribution in [3.63, 3.8) is 0 Å². The second-order valence-corrected chi connectivity index (χ2v) is 16.2. The van der Waals surface area contributed by atoms with E-state index in [1.807, 2.05) is 6.07 Å². The summed E-state index contributed by atoms with van der Waals surface area (Å²) < 4.78 is 48.7. The summed E-state index contributed by atoms with van der Waals surface area (Å²) in [4.78, 5) is 4.37. The maximum atomic E-state index is 15.0. The maximum Gasteiger partial charge on any atom is 0.198 e. The van der Waals surface area contributed by atoms with Gasteiger partial charge in [0, 0.05) is 33.5 Å². The number of thiocarbonyl (C=S) groups is 1. The van der Waals surface area contributed by atoms with Crippen molar-refractivity contribution in [2.24, 2.45) is 0 Å². The van der Waals surface area contributed by atoms with E-state index in [1.165, 1.54) is 24.4 Å². The number of nitrogens with zero attached hydrogens (tertiary/aromatic N) is 2. The Balaban J connectivity index is 1.50. The number of halogens is 3. The molecule has 2 heterocycles. The van der Waals surface area contributed by atoms with Gasteiger partial charge in [0.25, 0.3) is 0 Å². The van der Waals surface area contributed by atoms with Crippen LogP contribution in [0.1, 0.15) is 5.56 Å². The number of aromatic nitrogens is 2. The van der Waals surface area contributed by atoms with E-state index in [1.54, 1.807) is 35.0 Å².